The Morgan fingerprint density at radius 3 is 2.33 bits per heavy atom. The molecular formula is C12H25ClN2O2S. The molecule has 2 N–H and O–H groups in total. The molecule has 1 aliphatic carbocycles. The highest BCUT2D eigenvalue weighted by atomic mass is 35.5. The van der Waals surface area contributed by atoms with Crippen molar-refractivity contribution in [1.29, 1.82) is 0 Å². The van der Waals surface area contributed by atoms with E-state index < -0.39 is 10.0 Å². The summed E-state index contributed by atoms with van der Waals surface area (Å²) in [6, 6.07) is 0. The lowest BCUT2D eigenvalue weighted by Crippen LogP contribution is -2.50. The Bertz CT molecular complexity index is 406. The molecule has 0 amide bonds. The summed E-state index contributed by atoms with van der Waals surface area (Å²) in [4.78, 5) is 0. The van der Waals surface area contributed by atoms with Gasteiger partial charge in [0.25, 0.3) is 0 Å². The van der Waals surface area contributed by atoms with Crippen molar-refractivity contribution in [3.8, 4) is 0 Å². The predicted octanol–water partition coefficient (Wildman–Crippen LogP) is 1.60. The van der Waals surface area contributed by atoms with Crippen LogP contribution in [0.15, 0.2) is 0 Å². The number of nitrogens with zero attached hydrogens (tertiary/aromatic N) is 1. The van der Waals surface area contributed by atoms with Gasteiger partial charge in [0.15, 0.2) is 0 Å². The second-order valence-corrected chi connectivity index (χ2v) is 8.49. The Balaban J connectivity index is 0.00000162. The molecule has 1 heterocycles. The fraction of sp³-hybridized carbons (Fsp3) is 1.00. The van der Waals surface area contributed by atoms with Crippen molar-refractivity contribution in [3.05, 3.63) is 0 Å². The van der Waals surface area contributed by atoms with E-state index in [9.17, 15) is 8.42 Å². The lowest BCUT2D eigenvalue weighted by molar-refractivity contribution is 0.147. The van der Waals surface area contributed by atoms with Gasteiger partial charge in [0, 0.05) is 18.6 Å². The molecule has 2 fully saturated rings. The Kier molecular flexibility index (Phi) is 4.44. The highest BCUT2D eigenvalue weighted by Gasteiger charge is 2.50. The molecule has 2 atom stereocenters. The number of nitrogens with two attached hydrogens (primary N) is 1. The highest BCUT2D eigenvalue weighted by Crippen LogP contribution is 2.49. The minimum absolute atomic E-state index is 0. The molecule has 6 heteroatoms. The summed E-state index contributed by atoms with van der Waals surface area (Å²) in [6.07, 6.45) is 2.79. The monoisotopic (exact) mass is 296 g/mol. The smallest absolute Gasteiger partial charge is 0.214 e. The van der Waals surface area contributed by atoms with Crippen molar-refractivity contribution in [2.75, 3.05) is 18.8 Å². The summed E-state index contributed by atoms with van der Waals surface area (Å²) in [6.45, 7) is 7.78. The minimum atomic E-state index is -2.97. The quantitative estimate of drug-likeness (QED) is 0.842. The third kappa shape index (κ3) is 2.55. The standard InChI is InChI=1S/C12H24N2O2S.ClH/c1-11(2)10(5-6-12(11,3)13)9-14-7-4-8-17(14,15)16;/h10H,4-9,13H2,1-3H3;1H/t10-,12-;/m1./s1. The SMILES string of the molecule is CC1(C)[C@@H](CN2CCCS2(=O)=O)CC[C@@]1(C)N.Cl. The predicted molar refractivity (Wildman–Crippen MR) is 76.3 cm³/mol. The third-order valence-electron chi connectivity index (χ3n) is 5.13. The molecule has 0 unspecified atom stereocenters. The van der Waals surface area contributed by atoms with Gasteiger partial charge in [0.2, 0.25) is 10.0 Å². The van der Waals surface area contributed by atoms with Crippen LogP contribution in [0.1, 0.15) is 40.0 Å². The van der Waals surface area contributed by atoms with Crippen molar-refractivity contribution in [2.24, 2.45) is 17.1 Å². The topological polar surface area (TPSA) is 63.4 Å². The number of halogens is 1. The van der Waals surface area contributed by atoms with Crippen molar-refractivity contribution in [1.82, 2.24) is 4.31 Å². The van der Waals surface area contributed by atoms with Crippen molar-refractivity contribution in [2.45, 2.75) is 45.6 Å². The van der Waals surface area contributed by atoms with Crippen LogP contribution in [-0.4, -0.2) is 37.1 Å². The molecule has 1 saturated heterocycles. The van der Waals surface area contributed by atoms with E-state index in [4.69, 9.17) is 5.73 Å². The Labute approximate surface area is 117 Å². The van der Waals surface area contributed by atoms with E-state index in [0.717, 1.165) is 19.3 Å². The molecule has 1 saturated carbocycles. The molecule has 4 nitrogen and oxygen atoms in total. The maximum absolute atomic E-state index is 11.8. The summed E-state index contributed by atoms with van der Waals surface area (Å²) in [5.41, 5.74) is 6.15. The molecule has 0 aromatic rings. The first-order valence-electron chi connectivity index (χ1n) is 6.43. The highest BCUT2D eigenvalue weighted by molar-refractivity contribution is 7.89. The van der Waals surface area contributed by atoms with Gasteiger partial charge < -0.3 is 5.73 Å². The van der Waals surface area contributed by atoms with Gasteiger partial charge >= 0.3 is 0 Å². The van der Waals surface area contributed by atoms with E-state index in [1.807, 2.05) is 0 Å². The first-order valence-corrected chi connectivity index (χ1v) is 8.04. The Hall–Kier alpha value is 0.160. The minimum Gasteiger partial charge on any atom is -0.325 e. The van der Waals surface area contributed by atoms with E-state index in [1.165, 1.54) is 0 Å². The summed E-state index contributed by atoms with van der Waals surface area (Å²) >= 11 is 0. The molecule has 0 spiro atoms. The molecule has 1 aliphatic heterocycles. The number of rotatable bonds is 2. The van der Waals surface area contributed by atoms with Crippen LogP contribution >= 0.6 is 12.4 Å². The maximum Gasteiger partial charge on any atom is 0.214 e. The molecule has 108 valence electrons. The van der Waals surface area contributed by atoms with Gasteiger partial charge in [-0.25, -0.2) is 12.7 Å². The lowest BCUT2D eigenvalue weighted by atomic mass is 9.72. The van der Waals surface area contributed by atoms with E-state index in [-0.39, 0.29) is 23.4 Å². The van der Waals surface area contributed by atoms with Crippen LogP contribution in [0.3, 0.4) is 0 Å². The summed E-state index contributed by atoms with van der Waals surface area (Å²) in [5.74, 6) is 0.699. The summed E-state index contributed by atoms with van der Waals surface area (Å²) in [7, 11) is -2.97. The molecular weight excluding hydrogens is 272 g/mol. The Morgan fingerprint density at radius 1 is 1.33 bits per heavy atom. The first kappa shape index (κ1) is 16.2. The number of sulfonamides is 1. The number of hydrogen-bond acceptors (Lipinski definition) is 3. The zero-order chi connectivity index (χ0) is 12.9. The third-order valence-corrected chi connectivity index (χ3v) is 7.05. The summed E-state index contributed by atoms with van der Waals surface area (Å²) < 4.78 is 25.3. The van der Waals surface area contributed by atoms with Gasteiger partial charge in [-0.1, -0.05) is 13.8 Å². The van der Waals surface area contributed by atoms with Crippen LogP contribution in [0, 0.1) is 11.3 Å². The second kappa shape index (κ2) is 4.93. The molecule has 0 bridgehead atoms. The fourth-order valence-corrected chi connectivity index (χ4v) is 4.65. The van der Waals surface area contributed by atoms with Gasteiger partial charge in [-0.3, -0.25) is 0 Å². The van der Waals surface area contributed by atoms with Crippen molar-refractivity contribution in [3.63, 3.8) is 0 Å². The average molecular weight is 297 g/mol. The van der Waals surface area contributed by atoms with E-state index in [0.29, 0.717) is 24.8 Å². The van der Waals surface area contributed by atoms with Crippen LogP contribution in [-0.2, 0) is 10.0 Å². The summed E-state index contributed by atoms with van der Waals surface area (Å²) in [5, 5.41) is 0. The van der Waals surface area contributed by atoms with Crippen molar-refractivity contribution < 1.29 is 8.42 Å². The van der Waals surface area contributed by atoms with Crippen LogP contribution in [0.4, 0.5) is 0 Å². The van der Waals surface area contributed by atoms with Gasteiger partial charge in [0.05, 0.1) is 5.75 Å². The van der Waals surface area contributed by atoms with Crippen LogP contribution in [0.25, 0.3) is 0 Å². The van der Waals surface area contributed by atoms with Crippen LogP contribution in [0.2, 0.25) is 0 Å². The molecule has 2 rings (SSSR count). The largest absolute Gasteiger partial charge is 0.325 e. The molecule has 0 radical (unpaired) electrons. The van der Waals surface area contributed by atoms with Crippen LogP contribution in [0.5, 0.6) is 0 Å². The molecule has 0 aromatic carbocycles. The molecule has 18 heavy (non-hydrogen) atoms. The van der Waals surface area contributed by atoms with Crippen molar-refractivity contribution >= 4 is 22.4 Å². The van der Waals surface area contributed by atoms with Gasteiger partial charge in [-0.15, -0.1) is 12.4 Å². The molecule has 0 aromatic heterocycles. The first-order chi connectivity index (χ1) is 7.67. The zero-order valence-corrected chi connectivity index (χ0v) is 13.1. The van der Waals surface area contributed by atoms with Crippen LogP contribution < -0.4 is 5.73 Å². The van der Waals surface area contributed by atoms with Gasteiger partial charge in [0.1, 0.15) is 0 Å². The van der Waals surface area contributed by atoms with E-state index >= 15 is 0 Å². The van der Waals surface area contributed by atoms with E-state index in [1.54, 1.807) is 4.31 Å². The van der Waals surface area contributed by atoms with E-state index in [2.05, 4.69) is 20.8 Å². The van der Waals surface area contributed by atoms with Gasteiger partial charge in [-0.2, -0.15) is 0 Å². The fourth-order valence-electron chi connectivity index (χ4n) is 3.09. The normalized spacial score (nSPS) is 38.6. The van der Waals surface area contributed by atoms with Gasteiger partial charge in [-0.05, 0) is 37.5 Å². The number of hydrogen-bond donors (Lipinski definition) is 1. The Morgan fingerprint density at radius 2 is 1.94 bits per heavy atom. The average Bonchev–Trinajstić information content (AvgIpc) is 2.59. The maximum atomic E-state index is 11.8. The molecule has 2 aliphatic rings. The zero-order valence-electron chi connectivity index (χ0n) is 11.5. The lowest BCUT2D eigenvalue weighted by Gasteiger charge is -2.39. The second-order valence-electron chi connectivity index (χ2n) is 6.40.